The summed E-state index contributed by atoms with van der Waals surface area (Å²) in [5.41, 5.74) is 5.29. The van der Waals surface area contributed by atoms with E-state index in [4.69, 9.17) is 5.73 Å². The van der Waals surface area contributed by atoms with E-state index in [9.17, 15) is 18.0 Å². The maximum Gasteiger partial charge on any atom is 0.265 e. The zero-order valence-electron chi connectivity index (χ0n) is 11.9. The first-order valence-corrected chi connectivity index (χ1v) is 7.98. The van der Waals surface area contributed by atoms with Crippen molar-refractivity contribution in [2.75, 3.05) is 13.1 Å². The molecule has 3 N–H and O–H groups in total. The molecule has 8 nitrogen and oxygen atoms in total. The van der Waals surface area contributed by atoms with Crippen molar-refractivity contribution in [2.24, 2.45) is 12.8 Å². The van der Waals surface area contributed by atoms with Crippen LogP contribution in [0.1, 0.15) is 23.8 Å². The monoisotopic (exact) mass is 314 g/mol. The predicted octanol–water partition coefficient (Wildman–Crippen LogP) is -0.977. The third kappa shape index (κ3) is 2.66. The van der Waals surface area contributed by atoms with E-state index in [0.717, 1.165) is 0 Å². The number of aromatic nitrogens is 1. The Hall–Kier alpha value is -1.87. The Morgan fingerprint density at radius 1 is 1.52 bits per heavy atom. The fourth-order valence-corrected chi connectivity index (χ4v) is 4.16. The van der Waals surface area contributed by atoms with E-state index in [1.807, 2.05) is 0 Å². The van der Waals surface area contributed by atoms with Gasteiger partial charge < -0.3 is 15.6 Å². The van der Waals surface area contributed by atoms with Gasteiger partial charge in [0.25, 0.3) is 5.91 Å². The average molecular weight is 314 g/mol. The highest BCUT2D eigenvalue weighted by Crippen LogP contribution is 2.23. The smallest absolute Gasteiger partial charge is 0.265 e. The molecule has 0 bridgehead atoms. The molecular formula is C12H18N4O4S. The van der Waals surface area contributed by atoms with Gasteiger partial charge in [-0.15, -0.1) is 0 Å². The summed E-state index contributed by atoms with van der Waals surface area (Å²) in [5.74, 6) is -1.01. The summed E-state index contributed by atoms with van der Waals surface area (Å²) in [6, 6.07) is 0.498. The van der Waals surface area contributed by atoms with Gasteiger partial charge in [-0.25, -0.2) is 8.42 Å². The first-order chi connectivity index (χ1) is 9.78. The zero-order valence-corrected chi connectivity index (χ0v) is 12.7. The molecular weight excluding hydrogens is 296 g/mol. The fraction of sp³-hybridized carbons (Fsp3) is 0.500. The molecule has 1 aromatic heterocycles. The Bertz CT molecular complexity index is 679. The van der Waals surface area contributed by atoms with E-state index >= 15 is 0 Å². The molecule has 1 aliphatic heterocycles. The molecule has 1 fully saturated rings. The van der Waals surface area contributed by atoms with Crippen molar-refractivity contribution < 1.29 is 18.0 Å². The summed E-state index contributed by atoms with van der Waals surface area (Å²) in [7, 11) is -2.31. The number of aryl methyl sites for hydroxylation is 1. The van der Waals surface area contributed by atoms with Gasteiger partial charge in [0, 0.05) is 26.3 Å². The van der Waals surface area contributed by atoms with Gasteiger partial charge in [0.05, 0.1) is 0 Å². The fourth-order valence-electron chi connectivity index (χ4n) is 2.43. The number of amides is 2. The molecule has 1 aromatic rings. The number of sulfonamides is 1. The van der Waals surface area contributed by atoms with Crippen molar-refractivity contribution in [1.82, 2.24) is 14.2 Å². The van der Waals surface area contributed by atoms with Gasteiger partial charge >= 0.3 is 0 Å². The minimum absolute atomic E-state index is 0.0352. The molecule has 0 spiro atoms. The van der Waals surface area contributed by atoms with E-state index in [1.54, 1.807) is 14.0 Å². The number of carbonyl (C=O) groups is 2. The van der Waals surface area contributed by atoms with Crippen LogP contribution in [0.15, 0.2) is 17.2 Å². The number of nitrogens with zero attached hydrogens (tertiary/aromatic N) is 2. The number of primary amides is 1. The highest BCUT2D eigenvalue weighted by Gasteiger charge is 2.38. The molecule has 9 heteroatoms. The molecule has 2 amide bonds. The summed E-state index contributed by atoms with van der Waals surface area (Å²) >= 11 is 0. The summed E-state index contributed by atoms with van der Waals surface area (Å²) in [5, 5.41) is 2.65. The summed E-state index contributed by atoms with van der Waals surface area (Å²) < 4.78 is 27.9. The van der Waals surface area contributed by atoms with Crippen LogP contribution in [0.25, 0.3) is 0 Å². The molecule has 21 heavy (non-hydrogen) atoms. The van der Waals surface area contributed by atoms with E-state index in [1.165, 1.54) is 21.1 Å². The molecule has 1 atom stereocenters. The summed E-state index contributed by atoms with van der Waals surface area (Å²) in [6.45, 7) is 2.22. The van der Waals surface area contributed by atoms with Crippen molar-refractivity contribution in [3.63, 3.8) is 0 Å². The highest BCUT2D eigenvalue weighted by atomic mass is 32.2. The average Bonchev–Trinajstić information content (AvgIpc) is 2.81. The zero-order chi connectivity index (χ0) is 15.8. The predicted molar refractivity (Wildman–Crippen MR) is 74.9 cm³/mol. The number of carbonyl (C=O) groups excluding carboxylic acids is 2. The third-order valence-corrected chi connectivity index (χ3v) is 5.38. The van der Waals surface area contributed by atoms with Gasteiger partial charge in [-0.05, 0) is 12.5 Å². The van der Waals surface area contributed by atoms with Crippen LogP contribution in [0.4, 0.5) is 0 Å². The van der Waals surface area contributed by atoms with Crippen molar-refractivity contribution in [1.29, 1.82) is 0 Å². The van der Waals surface area contributed by atoms with Crippen LogP contribution >= 0.6 is 0 Å². The van der Waals surface area contributed by atoms with Crippen LogP contribution in [0, 0.1) is 0 Å². The summed E-state index contributed by atoms with van der Waals surface area (Å²) in [6.07, 6.45) is 1.70. The number of piperazine rings is 1. The van der Waals surface area contributed by atoms with Crippen LogP contribution in [-0.2, 0) is 21.9 Å². The van der Waals surface area contributed by atoms with Crippen molar-refractivity contribution in [3.05, 3.63) is 18.0 Å². The molecule has 0 saturated carbocycles. The van der Waals surface area contributed by atoms with Crippen molar-refractivity contribution >= 4 is 21.8 Å². The number of rotatable bonds is 4. The van der Waals surface area contributed by atoms with Gasteiger partial charge in [0.15, 0.2) is 0 Å². The topological polar surface area (TPSA) is 114 Å². The maximum absolute atomic E-state index is 12.7. The van der Waals surface area contributed by atoms with E-state index in [2.05, 4.69) is 5.32 Å². The number of hydrogen-bond donors (Lipinski definition) is 2. The lowest BCUT2D eigenvalue weighted by Crippen LogP contribution is -2.56. The molecule has 0 aromatic carbocycles. The second-order valence-corrected chi connectivity index (χ2v) is 6.76. The molecule has 0 aliphatic carbocycles. The number of hydrogen-bond acceptors (Lipinski definition) is 4. The van der Waals surface area contributed by atoms with E-state index < -0.39 is 22.0 Å². The highest BCUT2D eigenvalue weighted by molar-refractivity contribution is 7.89. The van der Waals surface area contributed by atoms with Crippen LogP contribution in [-0.4, -0.2) is 48.2 Å². The quantitative estimate of drug-likeness (QED) is 0.743. The molecule has 1 unspecified atom stereocenters. The minimum Gasteiger partial charge on any atom is -0.364 e. The Kier molecular flexibility index (Phi) is 4.06. The standard InChI is InChI=1S/C12H18N4O4S/c1-3-9-12(18)14-4-5-16(9)21(19,20)8-6-10(11(13)17)15(2)7-8/h6-7,9H,3-5H2,1-2H3,(H2,13,17)(H,14,18). The lowest BCUT2D eigenvalue weighted by atomic mass is 10.2. The van der Waals surface area contributed by atoms with Gasteiger partial charge in [0.2, 0.25) is 15.9 Å². The second kappa shape index (κ2) is 5.49. The first-order valence-electron chi connectivity index (χ1n) is 6.54. The normalized spacial score (nSPS) is 20.3. The third-order valence-electron chi connectivity index (χ3n) is 3.51. The van der Waals surface area contributed by atoms with E-state index in [0.29, 0.717) is 6.42 Å². The minimum atomic E-state index is -3.85. The molecule has 0 radical (unpaired) electrons. The van der Waals surface area contributed by atoms with Crippen LogP contribution in [0.5, 0.6) is 0 Å². The van der Waals surface area contributed by atoms with Gasteiger partial charge in [-0.2, -0.15) is 4.31 Å². The van der Waals surface area contributed by atoms with Crippen LogP contribution < -0.4 is 11.1 Å². The number of nitrogens with one attached hydrogen (secondary N) is 1. The van der Waals surface area contributed by atoms with Gasteiger partial charge in [-0.3, -0.25) is 9.59 Å². The molecule has 116 valence electrons. The second-order valence-electron chi connectivity index (χ2n) is 4.87. The van der Waals surface area contributed by atoms with Gasteiger partial charge in [-0.1, -0.05) is 6.92 Å². The Balaban J connectivity index is 2.43. The van der Waals surface area contributed by atoms with Crippen molar-refractivity contribution in [3.8, 4) is 0 Å². The largest absolute Gasteiger partial charge is 0.364 e. The van der Waals surface area contributed by atoms with Crippen LogP contribution in [0.2, 0.25) is 0 Å². The maximum atomic E-state index is 12.7. The Morgan fingerprint density at radius 3 is 2.71 bits per heavy atom. The molecule has 1 saturated heterocycles. The molecule has 1 aliphatic rings. The van der Waals surface area contributed by atoms with E-state index in [-0.39, 0.29) is 29.6 Å². The number of nitrogens with two attached hydrogens (primary N) is 1. The molecule has 2 heterocycles. The molecule has 2 rings (SSSR count). The van der Waals surface area contributed by atoms with Crippen molar-refractivity contribution in [2.45, 2.75) is 24.3 Å². The summed E-state index contributed by atoms with van der Waals surface area (Å²) in [4.78, 5) is 23.0. The SMILES string of the molecule is CCC1C(=O)NCCN1S(=O)(=O)c1cc(C(N)=O)n(C)c1. The Labute approximate surface area is 122 Å². The lowest BCUT2D eigenvalue weighted by Gasteiger charge is -2.33. The lowest BCUT2D eigenvalue weighted by molar-refractivity contribution is -0.126. The first kappa shape index (κ1) is 15.5. The van der Waals surface area contributed by atoms with Crippen LogP contribution in [0.3, 0.4) is 0 Å². The van der Waals surface area contributed by atoms with Gasteiger partial charge in [0.1, 0.15) is 16.6 Å². The Morgan fingerprint density at radius 2 is 2.19 bits per heavy atom.